The molecule has 0 saturated carbocycles. The summed E-state index contributed by atoms with van der Waals surface area (Å²) < 4.78 is 42.5. The highest BCUT2D eigenvalue weighted by atomic mass is 79.9. The molecule has 11 heteroatoms. The number of nitrogens with one attached hydrogen (secondary N) is 1. The Labute approximate surface area is 167 Å². The zero-order valence-corrected chi connectivity index (χ0v) is 17.2. The van der Waals surface area contributed by atoms with E-state index in [0.717, 1.165) is 17.3 Å². The maximum Gasteiger partial charge on any atom is 0.433 e. The van der Waals surface area contributed by atoms with Crippen LogP contribution in [0.4, 0.5) is 13.2 Å². The molecule has 0 bridgehead atoms. The van der Waals surface area contributed by atoms with Gasteiger partial charge in [-0.15, -0.1) is 0 Å². The van der Waals surface area contributed by atoms with E-state index in [1.54, 1.807) is 17.8 Å². The monoisotopic (exact) mass is 458 g/mol. The molecule has 0 aliphatic rings. The third-order valence-corrected chi connectivity index (χ3v) is 5.15. The average Bonchev–Trinajstić information content (AvgIpc) is 3.14. The number of rotatable bonds is 4. The van der Waals surface area contributed by atoms with Gasteiger partial charge in [-0.1, -0.05) is 0 Å². The van der Waals surface area contributed by atoms with Crippen molar-refractivity contribution in [2.75, 3.05) is 0 Å². The maximum absolute atomic E-state index is 13.3. The highest BCUT2D eigenvalue weighted by Gasteiger charge is 2.36. The first-order valence-electron chi connectivity index (χ1n) is 8.50. The maximum atomic E-state index is 13.3. The van der Waals surface area contributed by atoms with Gasteiger partial charge in [0.15, 0.2) is 11.3 Å². The number of carbonyl (C=O) groups excluding carboxylic acids is 1. The van der Waals surface area contributed by atoms with Crippen molar-refractivity contribution in [1.82, 2.24) is 29.7 Å². The molecule has 28 heavy (non-hydrogen) atoms. The molecule has 0 saturated heterocycles. The van der Waals surface area contributed by atoms with Crippen LogP contribution in [0.5, 0.6) is 0 Å². The summed E-state index contributed by atoms with van der Waals surface area (Å²) in [5.41, 5.74) is 0.656. The van der Waals surface area contributed by atoms with E-state index in [0.29, 0.717) is 11.1 Å². The van der Waals surface area contributed by atoms with E-state index >= 15 is 0 Å². The van der Waals surface area contributed by atoms with Crippen LogP contribution in [0.25, 0.3) is 5.65 Å². The lowest BCUT2D eigenvalue weighted by atomic mass is 10.1. The van der Waals surface area contributed by atoms with Gasteiger partial charge in [0, 0.05) is 23.5 Å². The number of alkyl halides is 3. The molecule has 0 aliphatic carbocycles. The quantitative estimate of drug-likeness (QED) is 0.644. The largest absolute Gasteiger partial charge is 0.433 e. The van der Waals surface area contributed by atoms with Crippen molar-refractivity contribution < 1.29 is 18.0 Å². The lowest BCUT2D eigenvalue weighted by Crippen LogP contribution is -2.27. The minimum atomic E-state index is -4.63. The second-order valence-corrected chi connectivity index (χ2v) is 7.17. The normalized spacial score (nSPS) is 13.1. The fraction of sp³-hybridized carbons (Fsp3) is 0.412. The van der Waals surface area contributed by atoms with Crippen LogP contribution in [0.15, 0.2) is 16.7 Å². The molecule has 150 valence electrons. The number of amides is 1. The van der Waals surface area contributed by atoms with Crippen LogP contribution in [0.2, 0.25) is 0 Å². The number of carbonyl (C=O) groups is 1. The molecule has 1 amide bonds. The number of nitrogens with zero attached hydrogens (tertiary/aromatic N) is 5. The number of fused-ring (bicyclic) bond motifs is 1. The number of aromatic nitrogens is 5. The Morgan fingerprint density at radius 2 is 2.04 bits per heavy atom. The number of halogens is 4. The van der Waals surface area contributed by atoms with Crippen LogP contribution < -0.4 is 5.32 Å². The van der Waals surface area contributed by atoms with Crippen molar-refractivity contribution in [3.05, 3.63) is 45.1 Å². The van der Waals surface area contributed by atoms with E-state index in [4.69, 9.17) is 0 Å². The van der Waals surface area contributed by atoms with Gasteiger partial charge in [-0.05, 0) is 49.7 Å². The van der Waals surface area contributed by atoms with E-state index in [2.05, 4.69) is 36.4 Å². The summed E-state index contributed by atoms with van der Waals surface area (Å²) in [6.45, 7) is 7.75. The standard InChI is InChI=1S/C17H18BrF3N6O/c1-5-26-10(4)11(7-22-26)9(3)24-16(28)14-13(18)15-23-8(2)6-12(17(19,20)21)27(15)25-14/h6-7,9H,5H2,1-4H3,(H,24,28). The highest BCUT2D eigenvalue weighted by molar-refractivity contribution is 9.10. The number of hydrogen-bond donors (Lipinski definition) is 1. The summed E-state index contributed by atoms with van der Waals surface area (Å²) in [6.07, 6.45) is -2.97. The van der Waals surface area contributed by atoms with Crippen LogP contribution in [-0.2, 0) is 12.7 Å². The molecule has 0 radical (unpaired) electrons. The van der Waals surface area contributed by atoms with Crippen molar-refractivity contribution in [3.8, 4) is 0 Å². The van der Waals surface area contributed by atoms with Crippen molar-refractivity contribution in [2.24, 2.45) is 0 Å². The Hall–Kier alpha value is -2.43. The molecule has 0 aromatic carbocycles. The first-order valence-corrected chi connectivity index (χ1v) is 9.30. The molecule has 3 heterocycles. The van der Waals surface area contributed by atoms with Gasteiger partial charge in [0.05, 0.1) is 16.7 Å². The summed E-state index contributed by atoms with van der Waals surface area (Å²) in [5, 5.41) is 10.9. The van der Waals surface area contributed by atoms with Crippen LogP contribution in [0.1, 0.15) is 53.0 Å². The van der Waals surface area contributed by atoms with Gasteiger partial charge in [-0.3, -0.25) is 9.48 Å². The molecule has 3 rings (SSSR count). The molecule has 0 spiro atoms. The van der Waals surface area contributed by atoms with Gasteiger partial charge in [-0.25, -0.2) is 9.50 Å². The summed E-state index contributed by atoms with van der Waals surface area (Å²) in [6, 6.07) is 0.487. The van der Waals surface area contributed by atoms with Crippen molar-refractivity contribution in [1.29, 1.82) is 0 Å². The zero-order chi connectivity index (χ0) is 20.8. The average molecular weight is 459 g/mol. The fourth-order valence-electron chi connectivity index (χ4n) is 3.01. The van der Waals surface area contributed by atoms with Crippen molar-refractivity contribution in [3.63, 3.8) is 0 Å². The van der Waals surface area contributed by atoms with E-state index < -0.39 is 23.8 Å². The molecular formula is C17H18BrF3N6O. The first kappa shape index (κ1) is 20.3. The van der Waals surface area contributed by atoms with Crippen molar-refractivity contribution >= 4 is 27.5 Å². The Morgan fingerprint density at radius 3 is 2.61 bits per heavy atom. The van der Waals surface area contributed by atoms with Crippen LogP contribution in [0, 0.1) is 13.8 Å². The molecule has 3 aromatic rings. The zero-order valence-electron chi connectivity index (χ0n) is 15.6. The third-order valence-electron chi connectivity index (χ3n) is 4.42. The molecule has 3 aromatic heterocycles. The predicted octanol–water partition coefficient (Wildman–Crippen LogP) is 3.83. The summed E-state index contributed by atoms with van der Waals surface area (Å²) in [7, 11) is 0. The number of aryl methyl sites for hydroxylation is 2. The fourth-order valence-corrected chi connectivity index (χ4v) is 3.52. The second kappa shape index (κ2) is 7.19. The van der Waals surface area contributed by atoms with E-state index in [9.17, 15) is 18.0 Å². The molecule has 7 nitrogen and oxygen atoms in total. The van der Waals surface area contributed by atoms with Gasteiger partial charge < -0.3 is 5.32 Å². The summed E-state index contributed by atoms with van der Waals surface area (Å²) in [4.78, 5) is 16.8. The smallest absolute Gasteiger partial charge is 0.344 e. The lowest BCUT2D eigenvalue weighted by Gasteiger charge is -2.13. The van der Waals surface area contributed by atoms with Crippen LogP contribution in [-0.4, -0.2) is 30.3 Å². The topological polar surface area (TPSA) is 77.1 Å². The Balaban J connectivity index is 1.98. The Bertz CT molecular complexity index is 1060. The van der Waals surface area contributed by atoms with Gasteiger partial charge >= 0.3 is 6.18 Å². The highest BCUT2D eigenvalue weighted by Crippen LogP contribution is 2.32. The molecule has 1 N–H and O–H groups in total. The van der Waals surface area contributed by atoms with Crippen LogP contribution >= 0.6 is 15.9 Å². The molecule has 0 fully saturated rings. The lowest BCUT2D eigenvalue weighted by molar-refractivity contribution is -0.142. The van der Waals surface area contributed by atoms with E-state index in [1.165, 1.54) is 6.92 Å². The molecule has 1 atom stereocenters. The minimum Gasteiger partial charge on any atom is -0.344 e. The first-order chi connectivity index (χ1) is 13.0. The molecule has 1 unspecified atom stereocenters. The van der Waals surface area contributed by atoms with Gasteiger partial charge in [0.1, 0.15) is 5.69 Å². The Morgan fingerprint density at radius 1 is 1.36 bits per heavy atom. The van der Waals surface area contributed by atoms with E-state index in [-0.39, 0.29) is 21.5 Å². The summed E-state index contributed by atoms with van der Waals surface area (Å²) in [5.74, 6) is -0.612. The second-order valence-electron chi connectivity index (χ2n) is 6.37. The molecule has 0 aliphatic heterocycles. The molecular weight excluding hydrogens is 441 g/mol. The van der Waals surface area contributed by atoms with Gasteiger partial charge in [-0.2, -0.15) is 23.4 Å². The van der Waals surface area contributed by atoms with Gasteiger partial charge in [0.25, 0.3) is 5.91 Å². The minimum absolute atomic E-state index is 0.0693. The summed E-state index contributed by atoms with van der Waals surface area (Å²) >= 11 is 3.17. The Kier molecular flexibility index (Phi) is 5.22. The van der Waals surface area contributed by atoms with Crippen LogP contribution in [0.3, 0.4) is 0 Å². The number of hydrogen-bond acceptors (Lipinski definition) is 4. The predicted molar refractivity (Wildman–Crippen MR) is 98.9 cm³/mol. The van der Waals surface area contributed by atoms with E-state index in [1.807, 2.05) is 13.8 Å². The third kappa shape index (κ3) is 3.50. The van der Waals surface area contributed by atoms with Crippen molar-refractivity contribution in [2.45, 2.75) is 46.5 Å². The van der Waals surface area contributed by atoms with Gasteiger partial charge in [0.2, 0.25) is 0 Å². The SMILES string of the molecule is CCn1ncc(C(C)NC(=O)c2nn3c(C(F)(F)F)cc(C)nc3c2Br)c1C.